The topological polar surface area (TPSA) is 70.5 Å². The van der Waals surface area contributed by atoms with E-state index >= 15 is 0 Å². The maximum absolute atomic E-state index is 12.2. The Bertz CT molecular complexity index is 475. The van der Waals surface area contributed by atoms with E-state index in [0.717, 1.165) is 6.42 Å². The molecule has 1 atom stereocenters. The van der Waals surface area contributed by atoms with Gasteiger partial charge in [-0.2, -0.15) is 0 Å². The molecule has 0 aliphatic carbocycles. The minimum Gasteiger partial charge on any atom is -0.481 e. The summed E-state index contributed by atoms with van der Waals surface area (Å²) in [5.41, 5.74) is 0.517. The number of carboxylic acid groups (broad SMARTS) is 1. The molecule has 0 bridgehead atoms. The molecule has 1 aliphatic heterocycles. The van der Waals surface area contributed by atoms with Gasteiger partial charge in [-0.15, -0.1) is 0 Å². The first-order valence-electron chi connectivity index (χ1n) is 6.19. The van der Waals surface area contributed by atoms with Gasteiger partial charge in [-0.3, -0.25) is 9.59 Å². The van der Waals surface area contributed by atoms with Crippen molar-refractivity contribution in [3.05, 3.63) is 29.0 Å². The molecule has 2 heterocycles. The molecule has 5 nitrogen and oxygen atoms in total. The van der Waals surface area contributed by atoms with Crippen molar-refractivity contribution in [3.8, 4) is 0 Å². The molecule has 0 saturated carbocycles. The molecule has 1 aliphatic rings. The van der Waals surface area contributed by atoms with Crippen LogP contribution in [0.4, 0.5) is 0 Å². The van der Waals surface area contributed by atoms with Gasteiger partial charge in [0.05, 0.1) is 5.56 Å². The minimum atomic E-state index is -0.785. The fourth-order valence-electron chi connectivity index (χ4n) is 2.27. The van der Waals surface area contributed by atoms with Crippen molar-refractivity contribution >= 4 is 23.5 Å². The molecule has 102 valence electrons. The van der Waals surface area contributed by atoms with Gasteiger partial charge >= 0.3 is 5.97 Å². The highest BCUT2D eigenvalue weighted by Gasteiger charge is 2.27. The smallest absolute Gasteiger partial charge is 0.303 e. The van der Waals surface area contributed by atoms with Gasteiger partial charge in [0, 0.05) is 25.7 Å². The van der Waals surface area contributed by atoms with Crippen molar-refractivity contribution in [3.63, 3.8) is 0 Å². The number of hydrogen-bond donors (Lipinski definition) is 1. The molecule has 1 aromatic rings. The van der Waals surface area contributed by atoms with Crippen molar-refractivity contribution in [1.82, 2.24) is 9.88 Å². The lowest BCUT2D eigenvalue weighted by Crippen LogP contribution is -2.28. The SMILES string of the molecule is O=C(O)CCC1CCN(C(=O)c2ccc(Cl)nc2)C1. The van der Waals surface area contributed by atoms with Gasteiger partial charge in [0.15, 0.2) is 0 Å². The predicted octanol–water partition coefficient (Wildman–Crippen LogP) is 2.06. The van der Waals surface area contributed by atoms with Crippen LogP contribution in [-0.4, -0.2) is 40.0 Å². The van der Waals surface area contributed by atoms with Crippen LogP contribution in [0.25, 0.3) is 0 Å². The first-order chi connectivity index (χ1) is 9.06. The number of carboxylic acids is 1. The molecule has 1 saturated heterocycles. The molecule has 0 spiro atoms. The standard InChI is InChI=1S/C13H15ClN2O3/c14-11-3-2-10(7-15-11)13(19)16-6-5-9(8-16)1-4-12(17)18/h2-3,7,9H,1,4-6,8H2,(H,17,18). The Morgan fingerprint density at radius 2 is 2.26 bits per heavy atom. The van der Waals surface area contributed by atoms with Gasteiger partial charge in [0.2, 0.25) is 0 Å². The first kappa shape index (κ1) is 13.8. The van der Waals surface area contributed by atoms with Crippen molar-refractivity contribution in [2.45, 2.75) is 19.3 Å². The van der Waals surface area contributed by atoms with Crippen LogP contribution in [0.1, 0.15) is 29.6 Å². The lowest BCUT2D eigenvalue weighted by Gasteiger charge is -2.16. The van der Waals surface area contributed by atoms with E-state index in [9.17, 15) is 9.59 Å². The number of hydrogen-bond acceptors (Lipinski definition) is 3. The quantitative estimate of drug-likeness (QED) is 0.858. The Hall–Kier alpha value is -1.62. The highest BCUT2D eigenvalue weighted by Crippen LogP contribution is 2.22. The van der Waals surface area contributed by atoms with Crippen LogP contribution < -0.4 is 0 Å². The summed E-state index contributed by atoms with van der Waals surface area (Å²) >= 11 is 5.68. The fraction of sp³-hybridized carbons (Fsp3) is 0.462. The van der Waals surface area contributed by atoms with Crippen LogP contribution in [0.2, 0.25) is 5.15 Å². The Labute approximate surface area is 116 Å². The summed E-state index contributed by atoms with van der Waals surface area (Å²) in [7, 11) is 0. The van der Waals surface area contributed by atoms with Gasteiger partial charge in [0.1, 0.15) is 5.15 Å². The predicted molar refractivity (Wildman–Crippen MR) is 70.1 cm³/mol. The third kappa shape index (κ3) is 3.67. The van der Waals surface area contributed by atoms with E-state index in [1.165, 1.54) is 6.20 Å². The van der Waals surface area contributed by atoms with Crippen molar-refractivity contribution in [2.75, 3.05) is 13.1 Å². The average Bonchev–Trinajstić information content (AvgIpc) is 2.85. The molecule has 6 heteroatoms. The second kappa shape index (κ2) is 6.02. The number of aliphatic carboxylic acids is 1. The molecule has 1 fully saturated rings. The molecular weight excluding hydrogens is 268 g/mol. The maximum atomic E-state index is 12.2. The zero-order chi connectivity index (χ0) is 13.8. The third-order valence-corrected chi connectivity index (χ3v) is 3.54. The van der Waals surface area contributed by atoms with E-state index < -0.39 is 5.97 Å². The number of nitrogens with zero attached hydrogens (tertiary/aromatic N) is 2. The Kier molecular flexibility index (Phi) is 4.37. The summed E-state index contributed by atoms with van der Waals surface area (Å²) < 4.78 is 0. The summed E-state index contributed by atoms with van der Waals surface area (Å²) in [5.74, 6) is -0.575. The maximum Gasteiger partial charge on any atom is 0.303 e. The van der Waals surface area contributed by atoms with E-state index in [0.29, 0.717) is 30.2 Å². The van der Waals surface area contributed by atoms with Gasteiger partial charge in [-0.25, -0.2) is 4.98 Å². The monoisotopic (exact) mass is 282 g/mol. The fourth-order valence-corrected chi connectivity index (χ4v) is 2.38. The van der Waals surface area contributed by atoms with E-state index in [-0.39, 0.29) is 18.2 Å². The van der Waals surface area contributed by atoms with Gasteiger partial charge in [0.25, 0.3) is 5.91 Å². The molecule has 1 N–H and O–H groups in total. The van der Waals surface area contributed by atoms with E-state index in [2.05, 4.69) is 4.98 Å². The van der Waals surface area contributed by atoms with Crippen LogP contribution in [0.3, 0.4) is 0 Å². The highest BCUT2D eigenvalue weighted by molar-refractivity contribution is 6.29. The zero-order valence-corrected chi connectivity index (χ0v) is 11.1. The van der Waals surface area contributed by atoms with Crippen LogP contribution in [-0.2, 0) is 4.79 Å². The number of halogens is 1. The van der Waals surface area contributed by atoms with Crippen LogP contribution >= 0.6 is 11.6 Å². The van der Waals surface area contributed by atoms with E-state index in [4.69, 9.17) is 16.7 Å². The van der Waals surface area contributed by atoms with Crippen molar-refractivity contribution in [2.24, 2.45) is 5.92 Å². The normalized spacial score (nSPS) is 18.6. The number of carbonyl (C=O) groups is 2. The van der Waals surface area contributed by atoms with Crippen LogP contribution in [0.5, 0.6) is 0 Å². The first-order valence-corrected chi connectivity index (χ1v) is 6.56. The number of likely N-dealkylation sites (tertiary alicyclic amines) is 1. The molecule has 1 unspecified atom stereocenters. The average molecular weight is 283 g/mol. The number of rotatable bonds is 4. The molecule has 19 heavy (non-hydrogen) atoms. The minimum absolute atomic E-state index is 0.0676. The molecule has 1 amide bonds. The number of carbonyl (C=O) groups excluding carboxylic acids is 1. The Balaban J connectivity index is 1.91. The van der Waals surface area contributed by atoms with Crippen LogP contribution in [0.15, 0.2) is 18.3 Å². The van der Waals surface area contributed by atoms with Gasteiger partial charge < -0.3 is 10.0 Å². The number of pyridine rings is 1. The lowest BCUT2D eigenvalue weighted by molar-refractivity contribution is -0.137. The second-order valence-electron chi connectivity index (χ2n) is 4.71. The Morgan fingerprint density at radius 1 is 1.47 bits per heavy atom. The largest absolute Gasteiger partial charge is 0.481 e. The van der Waals surface area contributed by atoms with E-state index in [1.807, 2.05) is 0 Å². The summed E-state index contributed by atoms with van der Waals surface area (Å²) in [4.78, 5) is 28.3. The summed E-state index contributed by atoms with van der Waals surface area (Å²) in [6.07, 6.45) is 3.11. The highest BCUT2D eigenvalue weighted by atomic mass is 35.5. The summed E-state index contributed by atoms with van der Waals surface area (Å²) in [5, 5.41) is 9.01. The Morgan fingerprint density at radius 3 is 2.89 bits per heavy atom. The molecule has 2 rings (SSSR count). The van der Waals surface area contributed by atoms with Gasteiger partial charge in [-0.05, 0) is 30.9 Å². The van der Waals surface area contributed by atoms with E-state index in [1.54, 1.807) is 17.0 Å². The summed E-state index contributed by atoms with van der Waals surface area (Å²) in [6, 6.07) is 3.25. The molecule has 0 aromatic carbocycles. The molecular formula is C13H15ClN2O3. The van der Waals surface area contributed by atoms with Crippen molar-refractivity contribution < 1.29 is 14.7 Å². The third-order valence-electron chi connectivity index (χ3n) is 3.31. The van der Waals surface area contributed by atoms with Gasteiger partial charge in [-0.1, -0.05) is 11.6 Å². The lowest BCUT2D eigenvalue weighted by atomic mass is 10.0. The number of amides is 1. The zero-order valence-electron chi connectivity index (χ0n) is 10.4. The molecule has 0 radical (unpaired) electrons. The number of aromatic nitrogens is 1. The summed E-state index contributed by atoms with van der Waals surface area (Å²) in [6.45, 7) is 1.29. The second-order valence-corrected chi connectivity index (χ2v) is 5.10. The van der Waals surface area contributed by atoms with Crippen LogP contribution in [0, 0.1) is 5.92 Å². The molecule has 1 aromatic heterocycles. The van der Waals surface area contributed by atoms with Crippen molar-refractivity contribution in [1.29, 1.82) is 0 Å².